The molecule has 1 aliphatic heterocycles. The van der Waals surface area contributed by atoms with E-state index in [1.807, 2.05) is 24.3 Å². The number of nitrogens with two attached hydrogens (primary N) is 1. The van der Waals surface area contributed by atoms with Gasteiger partial charge in [0.05, 0.1) is 0 Å². The molecule has 1 heterocycles. The first-order chi connectivity index (χ1) is 9.17. The van der Waals surface area contributed by atoms with Crippen LogP contribution >= 0.6 is 0 Å². The normalized spacial score (nSPS) is 19.4. The number of nitrogens with one attached hydrogen (secondary N) is 1. The maximum atomic E-state index is 11.7. The summed E-state index contributed by atoms with van der Waals surface area (Å²) in [6.45, 7) is 2.52. The molecule has 104 valence electrons. The van der Waals surface area contributed by atoms with E-state index in [-0.39, 0.29) is 18.6 Å². The maximum Gasteiger partial charge on any atom is 0.258 e. The Hall–Kier alpha value is -1.59. The number of ether oxygens (including phenoxy) is 1. The van der Waals surface area contributed by atoms with Crippen LogP contribution in [0.2, 0.25) is 0 Å². The molecule has 19 heavy (non-hydrogen) atoms. The van der Waals surface area contributed by atoms with Gasteiger partial charge in [-0.2, -0.15) is 0 Å². The third-order valence-corrected chi connectivity index (χ3v) is 3.29. The van der Waals surface area contributed by atoms with Crippen molar-refractivity contribution in [2.45, 2.75) is 19.0 Å². The molecule has 5 nitrogen and oxygen atoms in total. The predicted octanol–water partition coefficient (Wildman–Crippen LogP) is 0.344. The molecule has 0 spiro atoms. The molecular weight excluding hydrogens is 242 g/mol. The molecule has 1 aromatic rings. The molecule has 1 aliphatic rings. The van der Waals surface area contributed by atoms with E-state index in [1.165, 1.54) is 0 Å². The Balaban J connectivity index is 1.73. The first-order valence-electron chi connectivity index (χ1n) is 6.57. The lowest BCUT2D eigenvalue weighted by Gasteiger charge is -2.13. The van der Waals surface area contributed by atoms with Crippen LogP contribution in [0, 0.1) is 0 Å². The molecule has 0 bridgehead atoms. The van der Waals surface area contributed by atoms with E-state index < -0.39 is 0 Å². The van der Waals surface area contributed by atoms with E-state index in [9.17, 15) is 4.79 Å². The first-order valence-corrected chi connectivity index (χ1v) is 6.57. The van der Waals surface area contributed by atoms with Crippen molar-refractivity contribution in [1.29, 1.82) is 0 Å². The number of likely N-dealkylation sites (tertiary alicyclic amines) is 1. The van der Waals surface area contributed by atoms with Gasteiger partial charge in [-0.25, -0.2) is 0 Å². The van der Waals surface area contributed by atoms with Crippen LogP contribution in [0.3, 0.4) is 0 Å². The van der Waals surface area contributed by atoms with Crippen molar-refractivity contribution in [1.82, 2.24) is 10.2 Å². The summed E-state index contributed by atoms with van der Waals surface area (Å²) in [5.74, 6) is 0.624. The number of carbonyl (C=O) groups is 1. The Morgan fingerprint density at radius 3 is 2.79 bits per heavy atom. The van der Waals surface area contributed by atoms with E-state index in [4.69, 9.17) is 10.5 Å². The zero-order valence-electron chi connectivity index (χ0n) is 11.3. The predicted molar refractivity (Wildman–Crippen MR) is 73.9 cm³/mol. The number of nitrogens with zero attached hydrogens (tertiary/aromatic N) is 1. The Bertz CT molecular complexity index is 419. The minimum absolute atomic E-state index is 0.0577. The van der Waals surface area contributed by atoms with Gasteiger partial charge in [-0.1, -0.05) is 12.1 Å². The van der Waals surface area contributed by atoms with Crippen molar-refractivity contribution >= 4 is 5.91 Å². The summed E-state index contributed by atoms with van der Waals surface area (Å²) in [5, 5.41) is 2.98. The molecule has 1 saturated heterocycles. The van der Waals surface area contributed by atoms with E-state index >= 15 is 0 Å². The molecule has 5 heteroatoms. The summed E-state index contributed by atoms with van der Waals surface area (Å²) in [7, 11) is 2.06. The molecule has 1 fully saturated rings. The van der Waals surface area contributed by atoms with Gasteiger partial charge in [0, 0.05) is 19.1 Å². The molecule has 0 aliphatic carbocycles. The lowest BCUT2D eigenvalue weighted by molar-refractivity contribution is -0.123. The van der Waals surface area contributed by atoms with E-state index in [2.05, 4.69) is 17.3 Å². The highest BCUT2D eigenvalue weighted by atomic mass is 16.5. The second-order valence-corrected chi connectivity index (χ2v) is 4.95. The van der Waals surface area contributed by atoms with E-state index in [1.54, 1.807) is 0 Å². The summed E-state index contributed by atoms with van der Waals surface area (Å²) in [6.07, 6.45) is 1.01. The molecule has 0 radical (unpaired) electrons. The minimum atomic E-state index is -0.0665. The average molecular weight is 263 g/mol. The fraction of sp³-hybridized carbons (Fsp3) is 0.500. The third-order valence-electron chi connectivity index (χ3n) is 3.29. The van der Waals surface area contributed by atoms with Crippen LogP contribution in [0.1, 0.15) is 12.0 Å². The van der Waals surface area contributed by atoms with Gasteiger partial charge in [0.2, 0.25) is 0 Å². The SMILES string of the molecule is CN1CCC(NC(=O)COc2ccc(CN)cc2)C1. The number of benzene rings is 1. The fourth-order valence-electron chi connectivity index (χ4n) is 2.19. The summed E-state index contributed by atoms with van der Waals surface area (Å²) in [6, 6.07) is 7.72. The molecule has 2 rings (SSSR count). The van der Waals surface area contributed by atoms with Crippen molar-refractivity contribution in [2.24, 2.45) is 5.73 Å². The van der Waals surface area contributed by atoms with E-state index in [0.29, 0.717) is 12.3 Å². The Labute approximate surface area is 113 Å². The number of hydrogen-bond acceptors (Lipinski definition) is 4. The van der Waals surface area contributed by atoms with Crippen LogP contribution in [0.5, 0.6) is 5.75 Å². The smallest absolute Gasteiger partial charge is 0.258 e. The van der Waals surface area contributed by atoms with Crippen LogP contribution in [0.4, 0.5) is 0 Å². The van der Waals surface area contributed by atoms with Crippen molar-refractivity contribution in [2.75, 3.05) is 26.7 Å². The summed E-state index contributed by atoms with van der Waals surface area (Å²) in [4.78, 5) is 13.9. The van der Waals surface area contributed by atoms with Crippen molar-refractivity contribution in [3.8, 4) is 5.75 Å². The van der Waals surface area contributed by atoms with Crippen LogP contribution < -0.4 is 15.8 Å². The van der Waals surface area contributed by atoms with Crippen LogP contribution in [0.25, 0.3) is 0 Å². The highest BCUT2D eigenvalue weighted by molar-refractivity contribution is 5.77. The van der Waals surface area contributed by atoms with Gasteiger partial charge in [-0.05, 0) is 37.7 Å². The van der Waals surface area contributed by atoms with Crippen molar-refractivity contribution in [3.05, 3.63) is 29.8 Å². The van der Waals surface area contributed by atoms with Gasteiger partial charge in [0.25, 0.3) is 5.91 Å². The van der Waals surface area contributed by atoms with Crippen LogP contribution in [0.15, 0.2) is 24.3 Å². The van der Waals surface area contributed by atoms with Gasteiger partial charge in [0.15, 0.2) is 6.61 Å². The second kappa shape index (κ2) is 6.54. The highest BCUT2D eigenvalue weighted by Gasteiger charge is 2.20. The Kier molecular flexibility index (Phi) is 4.76. The highest BCUT2D eigenvalue weighted by Crippen LogP contribution is 2.11. The summed E-state index contributed by atoms with van der Waals surface area (Å²) >= 11 is 0. The monoisotopic (exact) mass is 263 g/mol. The Morgan fingerprint density at radius 2 is 2.21 bits per heavy atom. The second-order valence-electron chi connectivity index (χ2n) is 4.95. The number of amides is 1. The number of rotatable bonds is 5. The number of likely N-dealkylation sites (N-methyl/N-ethyl adjacent to an activating group) is 1. The van der Waals surface area contributed by atoms with Crippen LogP contribution in [-0.2, 0) is 11.3 Å². The molecule has 1 amide bonds. The van der Waals surface area contributed by atoms with Gasteiger partial charge >= 0.3 is 0 Å². The molecule has 0 saturated carbocycles. The standard InChI is InChI=1S/C14H21N3O2/c1-17-7-6-12(9-17)16-14(18)10-19-13-4-2-11(8-15)3-5-13/h2-5,12H,6-10,15H2,1H3,(H,16,18). The van der Waals surface area contributed by atoms with E-state index in [0.717, 1.165) is 25.1 Å². The molecule has 1 aromatic carbocycles. The average Bonchev–Trinajstić information content (AvgIpc) is 2.82. The zero-order chi connectivity index (χ0) is 13.7. The largest absolute Gasteiger partial charge is 0.484 e. The quantitative estimate of drug-likeness (QED) is 0.804. The van der Waals surface area contributed by atoms with Gasteiger partial charge < -0.3 is 20.7 Å². The summed E-state index contributed by atoms with van der Waals surface area (Å²) in [5.41, 5.74) is 6.56. The van der Waals surface area contributed by atoms with Gasteiger partial charge in [-0.15, -0.1) is 0 Å². The van der Waals surface area contributed by atoms with Crippen molar-refractivity contribution in [3.63, 3.8) is 0 Å². The maximum absolute atomic E-state index is 11.7. The lowest BCUT2D eigenvalue weighted by Crippen LogP contribution is -2.39. The molecule has 1 unspecified atom stereocenters. The fourth-order valence-corrected chi connectivity index (χ4v) is 2.19. The topological polar surface area (TPSA) is 67.6 Å². The summed E-state index contributed by atoms with van der Waals surface area (Å²) < 4.78 is 5.44. The van der Waals surface area contributed by atoms with Crippen LogP contribution in [-0.4, -0.2) is 43.6 Å². The molecule has 0 aromatic heterocycles. The molecule has 3 N–H and O–H groups in total. The number of carbonyl (C=O) groups excluding carboxylic acids is 1. The minimum Gasteiger partial charge on any atom is -0.484 e. The molecular formula is C14H21N3O2. The zero-order valence-corrected chi connectivity index (χ0v) is 11.3. The van der Waals surface area contributed by atoms with Crippen molar-refractivity contribution < 1.29 is 9.53 Å². The molecule has 1 atom stereocenters. The Morgan fingerprint density at radius 1 is 1.47 bits per heavy atom. The lowest BCUT2D eigenvalue weighted by atomic mass is 10.2. The third kappa shape index (κ3) is 4.22. The van der Waals surface area contributed by atoms with Gasteiger partial charge in [-0.3, -0.25) is 4.79 Å². The number of hydrogen-bond donors (Lipinski definition) is 2. The first kappa shape index (κ1) is 13.8. The van der Waals surface area contributed by atoms with Gasteiger partial charge in [0.1, 0.15) is 5.75 Å².